The molecule has 0 radical (unpaired) electrons. The van der Waals surface area contributed by atoms with Crippen molar-refractivity contribution in [3.8, 4) is 0 Å². The lowest BCUT2D eigenvalue weighted by Gasteiger charge is -2.21. The molecule has 2 aromatic rings. The molecule has 0 saturated carbocycles. The maximum atomic E-state index is 13.5. The summed E-state index contributed by atoms with van der Waals surface area (Å²) in [6, 6.07) is 6.64. The molecule has 1 unspecified atom stereocenters. The number of nitrogens with two attached hydrogens (primary N) is 1. The third-order valence-electron chi connectivity index (χ3n) is 3.99. The quantitative estimate of drug-likeness (QED) is 0.943. The summed E-state index contributed by atoms with van der Waals surface area (Å²) in [5.74, 6) is -0.245. The van der Waals surface area contributed by atoms with E-state index in [1.54, 1.807) is 6.07 Å². The molecule has 4 nitrogen and oxygen atoms in total. The van der Waals surface area contributed by atoms with E-state index in [2.05, 4.69) is 9.88 Å². The number of rotatable bonds is 3. The molecule has 1 fully saturated rings. The van der Waals surface area contributed by atoms with Crippen molar-refractivity contribution in [2.24, 2.45) is 11.7 Å². The highest BCUT2D eigenvalue weighted by Gasteiger charge is 2.25. The fourth-order valence-corrected chi connectivity index (χ4v) is 3.07. The minimum atomic E-state index is -0.262. The Kier molecular flexibility index (Phi) is 3.49. The van der Waals surface area contributed by atoms with E-state index in [9.17, 15) is 9.18 Å². The maximum Gasteiger partial charge on any atom is 0.217 e. The van der Waals surface area contributed by atoms with E-state index in [0.717, 1.165) is 41.8 Å². The van der Waals surface area contributed by atoms with E-state index >= 15 is 0 Å². The second-order valence-electron chi connectivity index (χ2n) is 5.72. The van der Waals surface area contributed by atoms with Gasteiger partial charge >= 0.3 is 0 Å². The molecule has 1 aromatic heterocycles. The van der Waals surface area contributed by atoms with Gasteiger partial charge in [-0.1, -0.05) is 0 Å². The lowest BCUT2D eigenvalue weighted by Crippen LogP contribution is -2.22. The maximum absolute atomic E-state index is 13.5. The van der Waals surface area contributed by atoms with Gasteiger partial charge in [0.2, 0.25) is 5.91 Å². The van der Waals surface area contributed by atoms with Crippen LogP contribution in [0, 0.1) is 18.7 Å². The van der Waals surface area contributed by atoms with E-state index in [1.807, 2.05) is 13.0 Å². The van der Waals surface area contributed by atoms with Crippen molar-refractivity contribution < 1.29 is 9.18 Å². The number of amides is 1. The van der Waals surface area contributed by atoms with Crippen LogP contribution in [-0.4, -0.2) is 24.0 Å². The van der Waals surface area contributed by atoms with Crippen LogP contribution in [0.4, 0.5) is 10.1 Å². The SMILES string of the molecule is Cc1cc(N2CCC(CC(N)=O)C2)c2cc(F)ccc2n1. The molecule has 1 aromatic carbocycles. The van der Waals surface area contributed by atoms with Gasteiger partial charge in [0, 0.05) is 36.3 Å². The Bertz CT molecular complexity index is 701. The van der Waals surface area contributed by atoms with E-state index in [0.29, 0.717) is 6.42 Å². The molecule has 3 rings (SSSR count). The first-order chi connectivity index (χ1) is 10.0. The molecule has 1 aliphatic heterocycles. The Morgan fingerprint density at radius 3 is 3.05 bits per heavy atom. The summed E-state index contributed by atoms with van der Waals surface area (Å²) in [6.45, 7) is 3.56. The van der Waals surface area contributed by atoms with Crippen LogP contribution < -0.4 is 10.6 Å². The van der Waals surface area contributed by atoms with Crippen molar-refractivity contribution in [1.82, 2.24) is 4.98 Å². The Labute approximate surface area is 122 Å². The number of primary amides is 1. The summed E-state index contributed by atoms with van der Waals surface area (Å²) in [6.07, 6.45) is 1.34. The van der Waals surface area contributed by atoms with Crippen molar-refractivity contribution in [2.75, 3.05) is 18.0 Å². The van der Waals surface area contributed by atoms with Gasteiger partial charge in [-0.3, -0.25) is 9.78 Å². The van der Waals surface area contributed by atoms with Crippen molar-refractivity contribution in [1.29, 1.82) is 0 Å². The van der Waals surface area contributed by atoms with Crippen LogP contribution in [-0.2, 0) is 4.79 Å². The van der Waals surface area contributed by atoms with Crippen LogP contribution in [0.15, 0.2) is 24.3 Å². The van der Waals surface area contributed by atoms with E-state index < -0.39 is 0 Å². The number of hydrogen-bond acceptors (Lipinski definition) is 3. The largest absolute Gasteiger partial charge is 0.371 e. The minimum absolute atomic E-state index is 0.260. The van der Waals surface area contributed by atoms with E-state index in [4.69, 9.17) is 5.73 Å². The molecule has 0 aliphatic carbocycles. The van der Waals surface area contributed by atoms with Crippen molar-refractivity contribution in [2.45, 2.75) is 19.8 Å². The summed E-state index contributed by atoms with van der Waals surface area (Å²) >= 11 is 0. The van der Waals surface area contributed by atoms with E-state index in [-0.39, 0.29) is 17.6 Å². The lowest BCUT2D eigenvalue weighted by atomic mass is 10.1. The second kappa shape index (κ2) is 5.31. The number of hydrogen-bond donors (Lipinski definition) is 1. The number of carbonyl (C=O) groups is 1. The minimum Gasteiger partial charge on any atom is -0.371 e. The average molecular weight is 287 g/mol. The Morgan fingerprint density at radius 2 is 2.29 bits per heavy atom. The molecule has 0 spiro atoms. The molecule has 1 amide bonds. The topological polar surface area (TPSA) is 59.2 Å². The zero-order valence-electron chi connectivity index (χ0n) is 12.0. The molecular weight excluding hydrogens is 269 g/mol. The van der Waals surface area contributed by atoms with Gasteiger partial charge in [-0.2, -0.15) is 0 Å². The average Bonchev–Trinajstić information content (AvgIpc) is 2.86. The molecule has 2 N–H and O–H groups in total. The number of benzene rings is 1. The van der Waals surface area contributed by atoms with Gasteiger partial charge in [-0.15, -0.1) is 0 Å². The molecule has 1 atom stereocenters. The first-order valence-corrected chi connectivity index (χ1v) is 7.13. The molecule has 2 heterocycles. The number of fused-ring (bicyclic) bond motifs is 1. The smallest absolute Gasteiger partial charge is 0.217 e. The monoisotopic (exact) mass is 287 g/mol. The summed E-state index contributed by atoms with van der Waals surface area (Å²) in [5, 5.41) is 0.820. The first-order valence-electron chi connectivity index (χ1n) is 7.13. The second-order valence-corrected chi connectivity index (χ2v) is 5.72. The van der Waals surface area contributed by atoms with Gasteiger partial charge in [-0.05, 0) is 43.5 Å². The van der Waals surface area contributed by atoms with Crippen LogP contribution in [0.25, 0.3) is 10.9 Å². The third-order valence-corrected chi connectivity index (χ3v) is 3.99. The number of aromatic nitrogens is 1. The zero-order chi connectivity index (χ0) is 15.0. The van der Waals surface area contributed by atoms with Gasteiger partial charge in [0.05, 0.1) is 5.52 Å². The molecule has 1 aliphatic rings. The Morgan fingerprint density at radius 1 is 1.48 bits per heavy atom. The Balaban J connectivity index is 1.97. The van der Waals surface area contributed by atoms with Gasteiger partial charge in [0.25, 0.3) is 0 Å². The van der Waals surface area contributed by atoms with Gasteiger partial charge in [0.15, 0.2) is 0 Å². The standard InChI is InChI=1S/C16H18FN3O/c1-10-6-15(13-8-12(17)2-3-14(13)19-10)20-5-4-11(9-20)7-16(18)21/h2-3,6,8,11H,4-5,7,9H2,1H3,(H2,18,21). The third kappa shape index (κ3) is 2.82. The number of halogens is 1. The number of nitrogens with zero attached hydrogens (tertiary/aromatic N) is 2. The van der Waals surface area contributed by atoms with Crippen molar-refractivity contribution in [3.63, 3.8) is 0 Å². The predicted molar refractivity (Wildman–Crippen MR) is 80.6 cm³/mol. The molecule has 1 saturated heterocycles. The van der Waals surface area contributed by atoms with Crippen LogP contribution in [0.5, 0.6) is 0 Å². The highest BCUT2D eigenvalue weighted by Crippen LogP contribution is 2.32. The summed E-state index contributed by atoms with van der Waals surface area (Å²) in [4.78, 5) is 17.7. The molecular formula is C16H18FN3O. The van der Waals surface area contributed by atoms with Crippen LogP contribution in [0.3, 0.4) is 0 Å². The zero-order valence-corrected chi connectivity index (χ0v) is 12.0. The lowest BCUT2D eigenvalue weighted by molar-refractivity contribution is -0.118. The molecule has 21 heavy (non-hydrogen) atoms. The van der Waals surface area contributed by atoms with Crippen LogP contribution >= 0.6 is 0 Å². The number of pyridine rings is 1. The predicted octanol–water partition coefficient (Wildman–Crippen LogP) is 2.38. The fourth-order valence-electron chi connectivity index (χ4n) is 3.07. The highest BCUT2D eigenvalue weighted by atomic mass is 19.1. The molecule has 110 valence electrons. The van der Waals surface area contributed by atoms with Gasteiger partial charge < -0.3 is 10.6 Å². The van der Waals surface area contributed by atoms with Gasteiger partial charge in [0.1, 0.15) is 5.82 Å². The Hall–Kier alpha value is -2.17. The molecule has 0 bridgehead atoms. The normalized spacial score (nSPS) is 18.4. The summed E-state index contributed by atoms with van der Waals surface area (Å²) < 4.78 is 13.5. The van der Waals surface area contributed by atoms with Crippen molar-refractivity contribution in [3.05, 3.63) is 35.8 Å². The van der Waals surface area contributed by atoms with Gasteiger partial charge in [-0.25, -0.2) is 4.39 Å². The number of aryl methyl sites for hydroxylation is 1. The highest BCUT2D eigenvalue weighted by molar-refractivity contribution is 5.92. The molecule has 5 heteroatoms. The summed E-state index contributed by atoms with van der Waals surface area (Å²) in [7, 11) is 0. The number of carbonyl (C=O) groups excluding carboxylic acids is 1. The fraction of sp³-hybridized carbons (Fsp3) is 0.375. The van der Waals surface area contributed by atoms with Crippen LogP contribution in [0.1, 0.15) is 18.5 Å². The van der Waals surface area contributed by atoms with Crippen LogP contribution in [0.2, 0.25) is 0 Å². The van der Waals surface area contributed by atoms with Crippen molar-refractivity contribution >= 4 is 22.5 Å². The summed E-state index contributed by atoms with van der Waals surface area (Å²) in [5.41, 5.74) is 7.96. The van der Waals surface area contributed by atoms with E-state index in [1.165, 1.54) is 12.1 Å². The first kappa shape index (κ1) is 13.8. The number of anilines is 1.